The molecule has 0 fully saturated rings. The SMILES string of the molecule is CC(C)C(CN)CNCc1cccc(Cl)c1. The first-order valence-electron chi connectivity index (χ1n) is 5.78. The summed E-state index contributed by atoms with van der Waals surface area (Å²) in [7, 11) is 0. The zero-order valence-electron chi connectivity index (χ0n) is 10.0. The monoisotopic (exact) mass is 240 g/mol. The van der Waals surface area contributed by atoms with E-state index >= 15 is 0 Å². The molecular formula is C13H21ClN2. The molecule has 3 heteroatoms. The molecule has 1 unspecified atom stereocenters. The van der Waals surface area contributed by atoms with Gasteiger partial charge in [-0.3, -0.25) is 0 Å². The third-order valence-corrected chi connectivity index (χ3v) is 3.11. The van der Waals surface area contributed by atoms with E-state index in [1.807, 2.05) is 18.2 Å². The largest absolute Gasteiger partial charge is 0.330 e. The average molecular weight is 241 g/mol. The first-order chi connectivity index (χ1) is 7.63. The van der Waals surface area contributed by atoms with Crippen LogP contribution in [0.15, 0.2) is 24.3 Å². The van der Waals surface area contributed by atoms with E-state index in [9.17, 15) is 0 Å². The molecule has 90 valence electrons. The maximum Gasteiger partial charge on any atom is 0.0409 e. The zero-order chi connectivity index (χ0) is 12.0. The molecule has 0 radical (unpaired) electrons. The Bertz CT molecular complexity index is 313. The van der Waals surface area contributed by atoms with Gasteiger partial charge in [-0.05, 0) is 42.6 Å². The minimum atomic E-state index is 0.541. The summed E-state index contributed by atoms with van der Waals surface area (Å²) in [6, 6.07) is 7.93. The summed E-state index contributed by atoms with van der Waals surface area (Å²) < 4.78 is 0. The lowest BCUT2D eigenvalue weighted by molar-refractivity contribution is 0.370. The van der Waals surface area contributed by atoms with Gasteiger partial charge in [0.15, 0.2) is 0 Å². The quantitative estimate of drug-likeness (QED) is 0.803. The summed E-state index contributed by atoms with van der Waals surface area (Å²) in [5.74, 6) is 1.16. The van der Waals surface area contributed by atoms with Crippen molar-refractivity contribution < 1.29 is 0 Å². The summed E-state index contributed by atoms with van der Waals surface area (Å²) in [6.45, 7) is 6.96. The fraction of sp³-hybridized carbons (Fsp3) is 0.538. The Morgan fingerprint density at radius 3 is 2.69 bits per heavy atom. The summed E-state index contributed by atoms with van der Waals surface area (Å²) in [6.07, 6.45) is 0. The van der Waals surface area contributed by atoms with Gasteiger partial charge in [0, 0.05) is 11.6 Å². The summed E-state index contributed by atoms with van der Waals surface area (Å²) in [5, 5.41) is 4.21. The summed E-state index contributed by atoms with van der Waals surface area (Å²) >= 11 is 5.92. The molecule has 0 aromatic heterocycles. The first kappa shape index (κ1) is 13.5. The van der Waals surface area contributed by atoms with E-state index in [1.54, 1.807) is 0 Å². The van der Waals surface area contributed by atoms with E-state index in [1.165, 1.54) is 5.56 Å². The van der Waals surface area contributed by atoms with Crippen LogP contribution in [0.2, 0.25) is 5.02 Å². The van der Waals surface area contributed by atoms with Crippen LogP contribution in [-0.2, 0) is 6.54 Å². The zero-order valence-corrected chi connectivity index (χ0v) is 10.8. The predicted molar refractivity (Wildman–Crippen MR) is 70.5 cm³/mol. The molecule has 0 heterocycles. The Kier molecular flexibility index (Phi) is 5.81. The van der Waals surface area contributed by atoms with Crippen LogP contribution >= 0.6 is 11.6 Å². The second kappa shape index (κ2) is 6.89. The molecule has 16 heavy (non-hydrogen) atoms. The molecule has 0 saturated heterocycles. The van der Waals surface area contributed by atoms with E-state index in [4.69, 9.17) is 17.3 Å². The van der Waals surface area contributed by atoms with Crippen molar-refractivity contribution >= 4 is 11.6 Å². The Morgan fingerprint density at radius 2 is 2.12 bits per heavy atom. The highest BCUT2D eigenvalue weighted by atomic mass is 35.5. The Balaban J connectivity index is 2.35. The normalized spacial score (nSPS) is 13.1. The third-order valence-electron chi connectivity index (χ3n) is 2.87. The second-order valence-corrected chi connectivity index (χ2v) is 4.94. The molecule has 0 amide bonds. The van der Waals surface area contributed by atoms with Crippen molar-refractivity contribution in [2.24, 2.45) is 17.6 Å². The lowest BCUT2D eigenvalue weighted by Crippen LogP contribution is -2.31. The molecule has 2 nitrogen and oxygen atoms in total. The maximum absolute atomic E-state index is 5.92. The number of benzene rings is 1. The second-order valence-electron chi connectivity index (χ2n) is 4.50. The van der Waals surface area contributed by atoms with Gasteiger partial charge in [-0.15, -0.1) is 0 Å². The van der Waals surface area contributed by atoms with Crippen molar-refractivity contribution in [1.82, 2.24) is 5.32 Å². The van der Waals surface area contributed by atoms with E-state index in [-0.39, 0.29) is 0 Å². The molecule has 0 aliphatic rings. The molecule has 3 N–H and O–H groups in total. The van der Waals surface area contributed by atoms with Gasteiger partial charge in [-0.2, -0.15) is 0 Å². The van der Waals surface area contributed by atoms with Gasteiger partial charge in [-0.1, -0.05) is 37.6 Å². The smallest absolute Gasteiger partial charge is 0.0409 e. The van der Waals surface area contributed by atoms with Crippen molar-refractivity contribution in [3.05, 3.63) is 34.9 Å². The minimum absolute atomic E-state index is 0.541. The molecule has 0 aliphatic heterocycles. The lowest BCUT2D eigenvalue weighted by Gasteiger charge is -2.19. The highest BCUT2D eigenvalue weighted by molar-refractivity contribution is 6.30. The van der Waals surface area contributed by atoms with Crippen LogP contribution in [0.1, 0.15) is 19.4 Å². The van der Waals surface area contributed by atoms with Crippen molar-refractivity contribution in [2.45, 2.75) is 20.4 Å². The van der Waals surface area contributed by atoms with Crippen molar-refractivity contribution in [3.8, 4) is 0 Å². The molecule has 1 aromatic carbocycles. The molecule has 0 spiro atoms. The van der Waals surface area contributed by atoms with E-state index < -0.39 is 0 Å². The number of nitrogens with one attached hydrogen (secondary N) is 1. The molecule has 1 atom stereocenters. The summed E-state index contributed by atoms with van der Waals surface area (Å²) in [5.41, 5.74) is 6.93. The van der Waals surface area contributed by atoms with Crippen LogP contribution in [0.5, 0.6) is 0 Å². The van der Waals surface area contributed by atoms with E-state index in [0.717, 1.165) is 24.7 Å². The van der Waals surface area contributed by atoms with Gasteiger partial charge in [-0.25, -0.2) is 0 Å². The number of hydrogen-bond donors (Lipinski definition) is 2. The van der Waals surface area contributed by atoms with E-state index in [2.05, 4.69) is 25.2 Å². The van der Waals surface area contributed by atoms with Crippen molar-refractivity contribution in [1.29, 1.82) is 0 Å². The summed E-state index contributed by atoms with van der Waals surface area (Å²) in [4.78, 5) is 0. The van der Waals surface area contributed by atoms with Gasteiger partial charge >= 0.3 is 0 Å². The fourth-order valence-electron chi connectivity index (χ4n) is 1.64. The molecule has 1 aromatic rings. The molecule has 0 bridgehead atoms. The van der Waals surface area contributed by atoms with Crippen LogP contribution in [-0.4, -0.2) is 13.1 Å². The van der Waals surface area contributed by atoms with E-state index in [0.29, 0.717) is 11.8 Å². The topological polar surface area (TPSA) is 38.0 Å². The first-order valence-corrected chi connectivity index (χ1v) is 6.16. The highest BCUT2D eigenvalue weighted by Gasteiger charge is 2.10. The van der Waals surface area contributed by atoms with Gasteiger partial charge in [0.1, 0.15) is 0 Å². The standard InChI is InChI=1S/C13H21ClN2/c1-10(2)12(7-15)9-16-8-11-4-3-5-13(14)6-11/h3-6,10,12,16H,7-9,15H2,1-2H3. The number of rotatable bonds is 6. The molecule has 0 saturated carbocycles. The van der Waals surface area contributed by atoms with Crippen LogP contribution in [0.3, 0.4) is 0 Å². The number of nitrogens with two attached hydrogens (primary N) is 1. The fourth-order valence-corrected chi connectivity index (χ4v) is 1.85. The van der Waals surface area contributed by atoms with Crippen LogP contribution < -0.4 is 11.1 Å². The number of hydrogen-bond acceptors (Lipinski definition) is 2. The predicted octanol–water partition coefficient (Wildman–Crippen LogP) is 2.66. The third kappa shape index (κ3) is 4.52. The lowest BCUT2D eigenvalue weighted by atomic mass is 9.96. The minimum Gasteiger partial charge on any atom is -0.330 e. The van der Waals surface area contributed by atoms with Gasteiger partial charge in [0.05, 0.1) is 0 Å². The van der Waals surface area contributed by atoms with Crippen LogP contribution in [0.4, 0.5) is 0 Å². The number of halogens is 1. The van der Waals surface area contributed by atoms with Crippen LogP contribution in [0.25, 0.3) is 0 Å². The van der Waals surface area contributed by atoms with Gasteiger partial charge in [0.2, 0.25) is 0 Å². The van der Waals surface area contributed by atoms with Crippen molar-refractivity contribution in [3.63, 3.8) is 0 Å². The molecule has 1 rings (SSSR count). The van der Waals surface area contributed by atoms with Crippen LogP contribution in [0, 0.1) is 11.8 Å². The maximum atomic E-state index is 5.92. The van der Waals surface area contributed by atoms with Gasteiger partial charge in [0.25, 0.3) is 0 Å². The Hall–Kier alpha value is -0.570. The average Bonchev–Trinajstić information content (AvgIpc) is 2.24. The molecular weight excluding hydrogens is 220 g/mol. The molecule has 0 aliphatic carbocycles. The van der Waals surface area contributed by atoms with Gasteiger partial charge < -0.3 is 11.1 Å². The Morgan fingerprint density at radius 1 is 1.38 bits per heavy atom. The van der Waals surface area contributed by atoms with Crippen molar-refractivity contribution in [2.75, 3.05) is 13.1 Å². The Labute approximate surface area is 103 Å². The highest BCUT2D eigenvalue weighted by Crippen LogP contribution is 2.11.